The Balaban J connectivity index is 2.34. The van der Waals surface area contributed by atoms with Gasteiger partial charge in [-0.05, 0) is 26.3 Å². The highest BCUT2D eigenvalue weighted by Crippen LogP contribution is 2.32. The molecule has 0 bridgehead atoms. The molecule has 0 aromatic carbocycles. The van der Waals surface area contributed by atoms with Crippen molar-refractivity contribution in [3.63, 3.8) is 0 Å². The summed E-state index contributed by atoms with van der Waals surface area (Å²) in [5.41, 5.74) is 0.357. The zero-order valence-corrected chi connectivity index (χ0v) is 11.6. The quantitative estimate of drug-likeness (QED) is 0.584. The van der Waals surface area contributed by atoms with Crippen LogP contribution >= 0.6 is 0 Å². The third-order valence-electron chi connectivity index (χ3n) is 2.72. The smallest absolute Gasteiger partial charge is 0.352 e. The minimum absolute atomic E-state index is 0.0262. The van der Waals surface area contributed by atoms with Crippen molar-refractivity contribution < 1.29 is 23.7 Å². The van der Waals surface area contributed by atoms with Gasteiger partial charge in [0.15, 0.2) is 11.1 Å². The molecular formula is C11H14N2O5S. The highest BCUT2D eigenvalue weighted by Gasteiger charge is 2.54. The van der Waals surface area contributed by atoms with Gasteiger partial charge >= 0.3 is 5.97 Å². The SMILES string of the molecule is CC1=C(C(=O)O)N2C(=O)/C(=N\OC(C)C)[C@H]2S(=O)C1. The van der Waals surface area contributed by atoms with E-state index in [-0.39, 0.29) is 23.3 Å². The van der Waals surface area contributed by atoms with Crippen LogP contribution in [0, 0.1) is 0 Å². The summed E-state index contributed by atoms with van der Waals surface area (Å²) < 4.78 is 12.0. The van der Waals surface area contributed by atoms with E-state index in [1.165, 1.54) is 0 Å². The predicted octanol–water partition coefficient (Wildman–Crippen LogP) is 0.0566. The Bertz CT molecular complexity index is 537. The molecule has 104 valence electrons. The first-order valence-corrected chi connectivity index (χ1v) is 7.10. The number of fused-ring (bicyclic) bond motifs is 1. The third kappa shape index (κ3) is 2.16. The molecule has 1 unspecified atom stereocenters. The van der Waals surface area contributed by atoms with Gasteiger partial charge in [-0.25, -0.2) is 4.79 Å². The molecule has 1 amide bonds. The Morgan fingerprint density at radius 3 is 2.74 bits per heavy atom. The van der Waals surface area contributed by atoms with Crippen molar-refractivity contribution in [1.82, 2.24) is 4.90 Å². The first kappa shape index (κ1) is 13.7. The van der Waals surface area contributed by atoms with E-state index in [9.17, 15) is 13.8 Å². The lowest BCUT2D eigenvalue weighted by atomic mass is 10.1. The maximum Gasteiger partial charge on any atom is 0.352 e. The Kier molecular flexibility index (Phi) is 3.44. The number of hydrogen-bond acceptors (Lipinski definition) is 5. The van der Waals surface area contributed by atoms with Gasteiger partial charge in [0.25, 0.3) is 5.91 Å². The van der Waals surface area contributed by atoms with Crippen molar-refractivity contribution in [2.75, 3.05) is 5.75 Å². The molecule has 0 aromatic rings. The number of nitrogens with zero attached hydrogens (tertiary/aromatic N) is 2. The molecule has 19 heavy (non-hydrogen) atoms. The van der Waals surface area contributed by atoms with Gasteiger partial charge in [-0.15, -0.1) is 0 Å². The van der Waals surface area contributed by atoms with Gasteiger partial charge in [0.1, 0.15) is 11.8 Å². The fraction of sp³-hybridized carbons (Fsp3) is 0.545. The maximum absolute atomic E-state index is 12.0. The van der Waals surface area contributed by atoms with Crippen LogP contribution in [0.5, 0.6) is 0 Å². The van der Waals surface area contributed by atoms with Crippen molar-refractivity contribution in [1.29, 1.82) is 0 Å². The fourth-order valence-corrected chi connectivity index (χ4v) is 3.50. The topological polar surface area (TPSA) is 96.3 Å². The van der Waals surface area contributed by atoms with Crippen molar-refractivity contribution in [3.05, 3.63) is 11.3 Å². The second-order valence-electron chi connectivity index (χ2n) is 4.62. The first-order chi connectivity index (χ1) is 8.84. The molecule has 1 N–H and O–H groups in total. The summed E-state index contributed by atoms with van der Waals surface area (Å²) in [4.78, 5) is 29.1. The summed E-state index contributed by atoms with van der Waals surface area (Å²) in [7, 11) is -1.39. The van der Waals surface area contributed by atoms with E-state index in [0.29, 0.717) is 5.57 Å². The zero-order valence-electron chi connectivity index (χ0n) is 10.7. The van der Waals surface area contributed by atoms with Crippen LogP contribution in [0.15, 0.2) is 16.4 Å². The monoisotopic (exact) mass is 286 g/mol. The number of carboxylic acid groups (broad SMARTS) is 1. The minimum atomic E-state index is -1.39. The molecule has 2 heterocycles. The summed E-state index contributed by atoms with van der Waals surface area (Å²) in [6, 6.07) is 0. The van der Waals surface area contributed by atoms with Crippen molar-refractivity contribution >= 4 is 28.4 Å². The molecule has 2 aliphatic heterocycles. The summed E-state index contributed by atoms with van der Waals surface area (Å²) in [6.07, 6.45) is -0.206. The van der Waals surface area contributed by atoms with Gasteiger partial charge in [0, 0.05) is 5.75 Å². The summed E-state index contributed by atoms with van der Waals surface area (Å²) in [6.45, 7) is 5.05. The summed E-state index contributed by atoms with van der Waals surface area (Å²) in [5, 5.41) is 12.0. The van der Waals surface area contributed by atoms with E-state index in [1.807, 2.05) is 0 Å². The average Bonchev–Trinajstić information content (AvgIpc) is 2.28. The Hall–Kier alpha value is -1.70. The second kappa shape index (κ2) is 4.76. The number of oxime groups is 1. The minimum Gasteiger partial charge on any atom is -0.477 e. The van der Waals surface area contributed by atoms with Crippen LogP contribution in [0.4, 0.5) is 0 Å². The van der Waals surface area contributed by atoms with Gasteiger partial charge in [0.05, 0.1) is 10.8 Å². The molecule has 7 nitrogen and oxygen atoms in total. The predicted molar refractivity (Wildman–Crippen MR) is 67.6 cm³/mol. The van der Waals surface area contributed by atoms with Crippen LogP contribution in [0.1, 0.15) is 20.8 Å². The number of aliphatic carboxylic acids is 1. The number of β-lactam (4-membered cyclic amide) rings is 1. The third-order valence-corrected chi connectivity index (χ3v) is 4.37. The molecule has 0 aromatic heterocycles. The van der Waals surface area contributed by atoms with Crippen LogP contribution < -0.4 is 0 Å². The lowest BCUT2D eigenvalue weighted by Gasteiger charge is -2.43. The molecular weight excluding hydrogens is 272 g/mol. The van der Waals surface area contributed by atoms with Gasteiger partial charge in [0.2, 0.25) is 0 Å². The second-order valence-corrected chi connectivity index (χ2v) is 6.11. The first-order valence-electron chi connectivity index (χ1n) is 5.72. The van der Waals surface area contributed by atoms with Gasteiger partial charge in [-0.1, -0.05) is 5.16 Å². The molecule has 1 fully saturated rings. The number of carbonyl (C=O) groups excluding carboxylic acids is 1. The van der Waals surface area contributed by atoms with E-state index in [2.05, 4.69) is 5.16 Å². The number of hydrogen-bond donors (Lipinski definition) is 1. The van der Waals surface area contributed by atoms with Crippen LogP contribution in [-0.4, -0.2) is 49.0 Å². The van der Waals surface area contributed by atoms with Crippen molar-refractivity contribution in [2.24, 2.45) is 5.16 Å². The Labute approximate surface area is 112 Å². The number of rotatable bonds is 3. The van der Waals surface area contributed by atoms with Gasteiger partial charge in [-0.2, -0.15) is 0 Å². The molecule has 8 heteroatoms. The molecule has 0 aliphatic carbocycles. The van der Waals surface area contributed by atoms with Crippen molar-refractivity contribution in [3.8, 4) is 0 Å². The highest BCUT2D eigenvalue weighted by molar-refractivity contribution is 7.87. The summed E-state index contributed by atoms with van der Waals surface area (Å²) >= 11 is 0. The molecule has 2 rings (SSSR count). The molecule has 1 saturated heterocycles. The van der Waals surface area contributed by atoms with Gasteiger partial charge in [-0.3, -0.25) is 13.9 Å². The van der Waals surface area contributed by atoms with Crippen LogP contribution in [0.25, 0.3) is 0 Å². The summed E-state index contributed by atoms with van der Waals surface area (Å²) in [5.74, 6) is -1.64. The standard InChI is InChI=1S/C11H14N2O5S/c1-5(2)18-12-7-9(14)13-8(11(15)16)6(3)4-19(17)10(7)13/h5,10H,4H2,1-3H3,(H,15,16)/b12-7+/t10-,19?/m1/s1. The lowest BCUT2D eigenvalue weighted by Crippen LogP contribution is -2.66. The van der Waals surface area contributed by atoms with Crippen molar-refractivity contribution in [2.45, 2.75) is 32.2 Å². The fourth-order valence-electron chi connectivity index (χ4n) is 1.95. The van der Waals surface area contributed by atoms with E-state index in [0.717, 1.165) is 4.90 Å². The highest BCUT2D eigenvalue weighted by atomic mass is 32.2. The van der Waals surface area contributed by atoms with Crippen LogP contribution in [-0.2, 0) is 25.2 Å². The Morgan fingerprint density at radius 2 is 2.21 bits per heavy atom. The van der Waals surface area contributed by atoms with E-state index >= 15 is 0 Å². The maximum atomic E-state index is 12.0. The average molecular weight is 286 g/mol. The number of amides is 1. The molecule has 0 saturated carbocycles. The van der Waals surface area contributed by atoms with Crippen LogP contribution in [0.2, 0.25) is 0 Å². The molecule has 0 radical (unpaired) electrons. The molecule has 2 aliphatic rings. The largest absolute Gasteiger partial charge is 0.477 e. The number of carbonyl (C=O) groups is 2. The number of carboxylic acids is 1. The van der Waals surface area contributed by atoms with Gasteiger partial charge < -0.3 is 9.94 Å². The normalized spacial score (nSPS) is 28.5. The zero-order chi connectivity index (χ0) is 14.3. The van der Waals surface area contributed by atoms with E-state index in [1.54, 1.807) is 20.8 Å². The van der Waals surface area contributed by atoms with Crippen LogP contribution in [0.3, 0.4) is 0 Å². The Morgan fingerprint density at radius 1 is 1.58 bits per heavy atom. The molecule has 2 atom stereocenters. The molecule has 0 spiro atoms. The van der Waals surface area contributed by atoms with E-state index < -0.39 is 28.0 Å². The van der Waals surface area contributed by atoms with E-state index in [4.69, 9.17) is 9.94 Å². The lowest BCUT2D eigenvalue weighted by molar-refractivity contribution is -0.139.